The van der Waals surface area contributed by atoms with E-state index in [-0.39, 0.29) is 12.8 Å². The van der Waals surface area contributed by atoms with Gasteiger partial charge in [-0.15, -0.1) is 0 Å². The van der Waals surface area contributed by atoms with Gasteiger partial charge < -0.3 is 15.1 Å². The van der Waals surface area contributed by atoms with Gasteiger partial charge in [0, 0.05) is 13.5 Å². The Morgan fingerprint density at radius 3 is 2.31 bits per heavy atom. The zero-order valence-corrected chi connectivity index (χ0v) is 7.14. The lowest BCUT2D eigenvalue weighted by Crippen LogP contribution is -2.37. The topological polar surface area (TPSA) is 94.9 Å². The smallest absolute Gasteiger partial charge is 0.326 e. The number of hydrogen-bond acceptors (Lipinski definition) is 3. The van der Waals surface area contributed by atoms with Gasteiger partial charge in [-0.1, -0.05) is 0 Å². The molecule has 0 saturated carbocycles. The highest BCUT2D eigenvalue weighted by atomic mass is 16.4. The number of carboxylic acid groups (broad SMARTS) is 2. The third-order valence-electron chi connectivity index (χ3n) is 1.57. The molecule has 0 aromatic heterocycles. The SMILES string of the molecule is CN(C=O)C(CCC(=O)O)C(=O)O. The molecule has 0 heterocycles. The number of aliphatic carboxylic acids is 2. The van der Waals surface area contributed by atoms with Crippen LogP contribution < -0.4 is 0 Å². The van der Waals surface area contributed by atoms with Crippen LogP contribution in [0.3, 0.4) is 0 Å². The van der Waals surface area contributed by atoms with Crippen molar-refractivity contribution in [2.24, 2.45) is 0 Å². The first-order valence-corrected chi connectivity index (χ1v) is 3.61. The Bertz CT molecular complexity index is 215. The maximum absolute atomic E-state index is 10.5. The number of carboxylic acids is 2. The van der Waals surface area contributed by atoms with Crippen LogP contribution in [0.1, 0.15) is 12.8 Å². The summed E-state index contributed by atoms with van der Waals surface area (Å²) in [6, 6.07) is -1.06. The van der Waals surface area contributed by atoms with Crippen LogP contribution >= 0.6 is 0 Å². The number of carbonyl (C=O) groups is 3. The maximum atomic E-state index is 10.5. The molecule has 13 heavy (non-hydrogen) atoms. The van der Waals surface area contributed by atoms with Crippen molar-refractivity contribution in [3.05, 3.63) is 0 Å². The standard InChI is InChI=1S/C7H11NO5/c1-8(4-9)5(7(12)13)2-3-6(10)11/h4-5H,2-3H2,1H3,(H,10,11)(H,12,13). The molecule has 0 aliphatic carbocycles. The van der Waals surface area contributed by atoms with Gasteiger partial charge in [0.15, 0.2) is 0 Å². The van der Waals surface area contributed by atoms with Crippen molar-refractivity contribution in [2.45, 2.75) is 18.9 Å². The fourth-order valence-electron chi connectivity index (χ4n) is 0.835. The minimum absolute atomic E-state index is 0.0834. The zero-order valence-electron chi connectivity index (χ0n) is 7.14. The quantitative estimate of drug-likeness (QED) is 0.543. The second kappa shape index (κ2) is 5.13. The van der Waals surface area contributed by atoms with Gasteiger partial charge in [-0.05, 0) is 6.42 Å². The van der Waals surface area contributed by atoms with Crippen LogP contribution in [0.2, 0.25) is 0 Å². The van der Waals surface area contributed by atoms with E-state index in [9.17, 15) is 14.4 Å². The normalized spacial score (nSPS) is 11.8. The predicted molar refractivity (Wildman–Crippen MR) is 42.1 cm³/mol. The molecule has 1 amide bonds. The van der Waals surface area contributed by atoms with E-state index in [0.717, 1.165) is 4.90 Å². The van der Waals surface area contributed by atoms with Gasteiger partial charge in [0.2, 0.25) is 6.41 Å². The van der Waals surface area contributed by atoms with Crippen molar-refractivity contribution >= 4 is 18.3 Å². The Kier molecular flexibility index (Phi) is 4.50. The summed E-state index contributed by atoms with van der Waals surface area (Å²) in [5.41, 5.74) is 0. The number of hydrogen-bond donors (Lipinski definition) is 2. The van der Waals surface area contributed by atoms with Crippen molar-refractivity contribution in [3.63, 3.8) is 0 Å². The Labute approximate surface area is 74.8 Å². The van der Waals surface area contributed by atoms with Crippen molar-refractivity contribution in [1.82, 2.24) is 4.90 Å². The van der Waals surface area contributed by atoms with Gasteiger partial charge in [0.05, 0.1) is 0 Å². The largest absolute Gasteiger partial charge is 0.481 e. The van der Waals surface area contributed by atoms with Crippen molar-refractivity contribution in [3.8, 4) is 0 Å². The number of carbonyl (C=O) groups excluding carboxylic acids is 1. The second-order valence-corrected chi connectivity index (χ2v) is 2.56. The van der Waals surface area contributed by atoms with Gasteiger partial charge in [-0.3, -0.25) is 9.59 Å². The average Bonchev–Trinajstić information content (AvgIpc) is 2.03. The molecule has 0 saturated heterocycles. The highest BCUT2D eigenvalue weighted by Crippen LogP contribution is 2.03. The van der Waals surface area contributed by atoms with Gasteiger partial charge in [0.25, 0.3) is 0 Å². The zero-order chi connectivity index (χ0) is 10.4. The van der Waals surface area contributed by atoms with E-state index >= 15 is 0 Å². The molecular formula is C7H11NO5. The molecule has 0 fully saturated rings. The molecule has 74 valence electrons. The molecular weight excluding hydrogens is 178 g/mol. The van der Waals surface area contributed by atoms with Gasteiger partial charge in [-0.2, -0.15) is 0 Å². The van der Waals surface area contributed by atoms with E-state index in [1.54, 1.807) is 0 Å². The molecule has 0 rings (SSSR count). The Hall–Kier alpha value is -1.59. The average molecular weight is 189 g/mol. The number of rotatable bonds is 6. The predicted octanol–water partition coefficient (Wildman–Crippen LogP) is -0.607. The van der Waals surface area contributed by atoms with Crippen LogP contribution in [-0.2, 0) is 14.4 Å². The van der Waals surface area contributed by atoms with Gasteiger partial charge in [-0.25, -0.2) is 4.79 Å². The second-order valence-electron chi connectivity index (χ2n) is 2.56. The summed E-state index contributed by atoms with van der Waals surface area (Å²) in [6.45, 7) is 0. The van der Waals surface area contributed by atoms with Gasteiger partial charge in [0.1, 0.15) is 6.04 Å². The number of likely N-dealkylation sites (N-methyl/N-ethyl adjacent to an activating group) is 1. The van der Waals surface area contributed by atoms with Crippen molar-refractivity contribution in [1.29, 1.82) is 0 Å². The Balaban J connectivity index is 4.18. The molecule has 1 atom stereocenters. The van der Waals surface area contributed by atoms with E-state index in [4.69, 9.17) is 10.2 Å². The number of nitrogens with zero attached hydrogens (tertiary/aromatic N) is 1. The van der Waals surface area contributed by atoms with Crippen LogP contribution in [0.25, 0.3) is 0 Å². The summed E-state index contributed by atoms with van der Waals surface area (Å²) in [7, 11) is 1.30. The van der Waals surface area contributed by atoms with Crippen molar-refractivity contribution < 1.29 is 24.6 Å². The van der Waals surface area contributed by atoms with Crippen LogP contribution in [0.4, 0.5) is 0 Å². The Morgan fingerprint density at radius 2 is 2.00 bits per heavy atom. The van der Waals surface area contributed by atoms with Crippen molar-refractivity contribution in [2.75, 3.05) is 7.05 Å². The van der Waals surface area contributed by atoms with Crippen LogP contribution in [0.15, 0.2) is 0 Å². The van der Waals surface area contributed by atoms with E-state index in [2.05, 4.69) is 0 Å². The monoisotopic (exact) mass is 189 g/mol. The molecule has 0 radical (unpaired) electrons. The van der Waals surface area contributed by atoms with Gasteiger partial charge >= 0.3 is 11.9 Å². The third kappa shape index (κ3) is 4.09. The molecule has 0 aliphatic heterocycles. The van der Waals surface area contributed by atoms with Crippen LogP contribution in [-0.4, -0.2) is 46.6 Å². The van der Waals surface area contributed by atoms with E-state index in [1.807, 2.05) is 0 Å². The summed E-state index contributed by atoms with van der Waals surface area (Å²) >= 11 is 0. The molecule has 0 aromatic carbocycles. The molecule has 0 aromatic rings. The van der Waals surface area contributed by atoms with Crippen LogP contribution in [0.5, 0.6) is 0 Å². The lowest BCUT2D eigenvalue weighted by Gasteiger charge is -2.19. The molecule has 0 aliphatic rings. The molecule has 6 nitrogen and oxygen atoms in total. The number of amides is 1. The molecule has 1 unspecified atom stereocenters. The molecule has 0 spiro atoms. The first-order chi connectivity index (χ1) is 5.99. The fourth-order valence-corrected chi connectivity index (χ4v) is 0.835. The Morgan fingerprint density at radius 1 is 1.46 bits per heavy atom. The lowest BCUT2D eigenvalue weighted by atomic mass is 10.1. The highest BCUT2D eigenvalue weighted by Gasteiger charge is 2.21. The lowest BCUT2D eigenvalue weighted by molar-refractivity contribution is -0.146. The first-order valence-electron chi connectivity index (χ1n) is 3.61. The minimum Gasteiger partial charge on any atom is -0.481 e. The molecule has 0 bridgehead atoms. The first kappa shape index (κ1) is 11.4. The minimum atomic E-state index is -1.20. The van der Waals surface area contributed by atoms with E-state index in [0.29, 0.717) is 6.41 Å². The summed E-state index contributed by atoms with van der Waals surface area (Å²) in [4.78, 5) is 31.8. The molecule has 6 heteroatoms. The van der Waals surface area contributed by atoms with E-state index < -0.39 is 18.0 Å². The highest BCUT2D eigenvalue weighted by molar-refractivity contribution is 5.77. The summed E-state index contributed by atoms with van der Waals surface area (Å²) in [5, 5.41) is 16.9. The summed E-state index contributed by atoms with van der Waals surface area (Å²) in [5.74, 6) is -2.28. The third-order valence-corrected chi connectivity index (χ3v) is 1.57. The summed E-state index contributed by atoms with van der Waals surface area (Å²) in [6.07, 6.45) is 0.00961. The summed E-state index contributed by atoms with van der Waals surface area (Å²) < 4.78 is 0. The maximum Gasteiger partial charge on any atom is 0.326 e. The molecule has 2 N–H and O–H groups in total. The van der Waals surface area contributed by atoms with Crippen LogP contribution in [0, 0.1) is 0 Å². The fraction of sp³-hybridized carbons (Fsp3) is 0.571. The van der Waals surface area contributed by atoms with E-state index in [1.165, 1.54) is 7.05 Å².